The number of nitrogens with zero attached hydrogens (tertiary/aromatic N) is 4. The topological polar surface area (TPSA) is 16.3 Å². The zero-order valence-corrected chi connectivity index (χ0v) is 55.3. The van der Waals surface area contributed by atoms with Gasteiger partial charge >= 0.3 is 0 Å². The molecule has 0 N–H and O–H groups in total. The van der Waals surface area contributed by atoms with E-state index in [1.54, 1.807) is 9.13 Å². The first kappa shape index (κ1) is 43.4. The summed E-state index contributed by atoms with van der Waals surface area (Å²) in [7, 11) is 0. The van der Waals surface area contributed by atoms with Crippen LogP contribution in [0.1, 0.15) is 154 Å². The highest BCUT2D eigenvalue weighted by Crippen LogP contribution is 2.52. The van der Waals surface area contributed by atoms with E-state index >= 15 is 0 Å². The van der Waals surface area contributed by atoms with Crippen molar-refractivity contribution in [1.29, 1.82) is 0 Å². The second-order valence-corrected chi connectivity index (χ2v) is 30.6. The average molecular weight is 1210 g/mol. The maximum Gasteiger partial charge on any atom is 0.252 e. The van der Waals surface area contributed by atoms with Crippen LogP contribution in [0.4, 0.5) is 34.1 Å². The van der Waals surface area contributed by atoms with Crippen LogP contribution in [0, 0.1) is 5.41 Å². The van der Waals surface area contributed by atoms with Crippen molar-refractivity contribution in [2.75, 3.05) is 9.80 Å². The van der Waals surface area contributed by atoms with E-state index in [1.165, 1.54) is 0 Å². The fraction of sp³-hybridized carbons (Fsp3) is 0.241. The molecule has 0 atom stereocenters. The van der Waals surface area contributed by atoms with E-state index in [1.807, 2.05) is 36.4 Å². The van der Waals surface area contributed by atoms with Gasteiger partial charge in [-0.15, -0.1) is 0 Å². The Morgan fingerprint density at radius 1 is 0.337 bits per heavy atom. The van der Waals surface area contributed by atoms with E-state index in [4.69, 9.17) is 5.48 Å². The van der Waals surface area contributed by atoms with E-state index in [0.717, 1.165) is 89.2 Å². The van der Waals surface area contributed by atoms with Gasteiger partial charge in [-0.05, 0) is 174 Å². The van der Waals surface area contributed by atoms with Gasteiger partial charge < -0.3 is 18.9 Å². The summed E-state index contributed by atoms with van der Waals surface area (Å²) in [6.45, 7) is 32.3. The van der Waals surface area contributed by atoms with Crippen LogP contribution < -0.4 is 26.2 Å². The molecule has 4 heterocycles. The van der Waals surface area contributed by atoms with Crippen molar-refractivity contribution >= 4 is 101 Å². The third kappa shape index (κ3) is 9.88. The Morgan fingerprint density at radius 3 is 1.03 bits per heavy atom. The van der Waals surface area contributed by atoms with Gasteiger partial charge in [-0.2, -0.15) is 0 Å². The molecule has 11 aromatic carbocycles. The number of hydrogen-bond donors (Lipinski definition) is 0. The molecule has 0 radical (unpaired) electrons. The van der Waals surface area contributed by atoms with Crippen molar-refractivity contribution in [3.63, 3.8) is 0 Å². The highest BCUT2D eigenvalue weighted by atomic mass is 15.2. The Morgan fingerprint density at radius 2 is 0.685 bits per heavy atom. The smallest absolute Gasteiger partial charge is 0.252 e. The Bertz CT molecular complexity index is 5600. The molecule has 0 amide bonds. The fourth-order valence-corrected chi connectivity index (χ4v) is 14.1. The van der Waals surface area contributed by atoms with E-state index in [0.29, 0.717) is 29.2 Å². The van der Waals surface area contributed by atoms with Gasteiger partial charge in [0.2, 0.25) is 0 Å². The third-order valence-electron chi connectivity index (χ3n) is 18.7. The number of fused-ring (bicyclic) bond motifs is 10. The largest absolute Gasteiger partial charge is 0.311 e. The van der Waals surface area contributed by atoms with Crippen LogP contribution in [0.5, 0.6) is 0 Å². The standard InChI is InChI=1S/C87H85BN4/c1-83(2,3)54-55-46-80-82-81(47-55)92(77-45-39-61(87(13,14)15)51-69(77)57-27-25-29-59(49-57)85(7,8)9)79-53-63(90-74-36-22-18-32-66(74)67-33-19-23-37-75(67)90)41-43-71(79)88(82)70-42-40-62(89-72-34-20-16-30-64(72)65-31-17-21-35-73(65)89)52-78(70)91(80)76-44-38-60(86(10,11)12)50-68(76)56-26-24-28-58(48-56)84(4,5)6/h16-53H,54H2,1-15H3/i16D,17D,18D,19D,20D,21D,22D,23D,30D,31D,32D,33D,34D,35D,36D,37D. The van der Waals surface area contributed by atoms with Gasteiger partial charge in [0.15, 0.2) is 0 Å². The quantitative estimate of drug-likeness (QED) is 0.148. The Kier molecular flexibility index (Phi) is 9.97. The van der Waals surface area contributed by atoms with E-state index in [-0.39, 0.29) is 70.7 Å². The van der Waals surface area contributed by atoms with Gasteiger partial charge in [-0.25, -0.2) is 0 Å². The first-order valence-electron chi connectivity index (χ1n) is 40.0. The van der Waals surface area contributed by atoms with Crippen LogP contribution in [0.25, 0.3) is 77.2 Å². The van der Waals surface area contributed by atoms with Crippen molar-refractivity contribution in [2.24, 2.45) is 5.41 Å². The zero-order valence-electron chi connectivity index (χ0n) is 71.3. The molecule has 0 unspecified atom stereocenters. The lowest BCUT2D eigenvalue weighted by Crippen LogP contribution is -2.61. The predicted octanol–water partition coefficient (Wildman–Crippen LogP) is 22.1. The molecule has 0 aliphatic carbocycles. The van der Waals surface area contributed by atoms with Crippen molar-refractivity contribution in [3.05, 3.63) is 258 Å². The van der Waals surface area contributed by atoms with E-state index < -0.39 is 103 Å². The summed E-state index contributed by atoms with van der Waals surface area (Å²) in [6.07, 6.45) is 0.573. The molecular weight excluding hydrogens is 1110 g/mol. The second kappa shape index (κ2) is 21.1. The van der Waals surface area contributed by atoms with Crippen LogP contribution in [0.2, 0.25) is 0 Å². The van der Waals surface area contributed by atoms with Crippen molar-refractivity contribution < 1.29 is 21.9 Å². The number of anilines is 6. The number of rotatable bonds is 7. The molecule has 92 heavy (non-hydrogen) atoms. The Labute approximate surface area is 568 Å². The van der Waals surface area contributed by atoms with Gasteiger partial charge in [0.05, 0.1) is 55.4 Å². The molecule has 0 saturated heterocycles. The van der Waals surface area contributed by atoms with Gasteiger partial charge in [0, 0.05) is 66.8 Å². The summed E-state index contributed by atoms with van der Waals surface area (Å²) in [5, 5.41) is -0.205. The monoisotopic (exact) mass is 1210 g/mol. The summed E-state index contributed by atoms with van der Waals surface area (Å²) in [6, 6.07) is 39.1. The SMILES string of the molecule is [2H]c1c([2H])c([2H])c2c(c1[2H])c1c([2H])c([2H])c([2H])c([2H])c1n2-c1ccc2c(c1)N(c1ccc(C(C)(C)C)cc1-c1cccc(C(C)(C)C)c1)c1cc(CC(C)(C)C)cc3c1B2c1ccc(-n2c4c([2H])c([2H])c([2H])c([2H])c4c4c([2H])c([2H])c([2H])c([2H])c42)cc1N3c1ccc(C(C)(C)C)cc1-c1cccc(C(C)(C)C)c1. The molecule has 456 valence electrons. The molecule has 5 heteroatoms. The third-order valence-corrected chi connectivity index (χ3v) is 18.7. The highest BCUT2D eigenvalue weighted by Gasteiger charge is 2.45. The molecule has 0 bridgehead atoms. The number of aromatic nitrogens is 2. The Balaban J connectivity index is 1.16. The number of para-hydroxylation sites is 4. The molecular formula is C87H85BN4. The normalized spacial score (nSPS) is 16.0. The summed E-state index contributed by atoms with van der Waals surface area (Å²) in [5.41, 5.74) is 15.2. The first-order valence-corrected chi connectivity index (χ1v) is 32.0. The van der Waals surface area contributed by atoms with Crippen molar-refractivity contribution in [2.45, 2.75) is 132 Å². The molecule has 13 aromatic rings. The lowest BCUT2D eigenvalue weighted by atomic mass is 9.33. The molecule has 0 spiro atoms. The number of hydrogen-bond acceptors (Lipinski definition) is 2. The average Bonchev–Trinajstić information content (AvgIpc) is 0.963. The lowest BCUT2D eigenvalue weighted by molar-refractivity contribution is 0.411. The van der Waals surface area contributed by atoms with Gasteiger partial charge in [-0.3, -0.25) is 0 Å². The predicted molar refractivity (Wildman–Crippen MR) is 398 cm³/mol. The van der Waals surface area contributed by atoms with Crippen LogP contribution in [-0.4, -0.2) is 15.8 Å². The first-order chi connectivity index (χ1) is 50.4. The molecule has 0 fully saturated rings. The van der Waals surface area contributed by atoms with Crippen LogP contribution in [0.3, 0.4) is 0 Å². The highest BCUT2D eigenvalue weighted by molar-refractivity contribution is 7.00. The van der Waals surface area contributed by atoms with Gasteiger partial charge in [0.1, 0.15) is 0 Å². The minimum absolute atomic E-state index is 0.0260. The van der Waals surface area contributed by atoms with Crippen LogP contribution in [0.15, 0.2) is 230 Å². The van der Waals surface area contributed by atoms with Crippen LogP contribution in [-0.2, 0) is 28.1 Å². The van der Waals surface area contributed by atoms with Crippen molar-refractivity contribution in [3.8, 4) is 33.6 Å². The molecule has 0 saturated carbocycles. The Hall–Kier alpha value is -9.32. The lowest BCUT2D eigenvalue weighted by Gasteiger charge is -2.45. The molecule has 15 rings (SSSR count). The minimum Gasteiger partial charge on any atom is -0.311 e. The maximum absolute atomic E-state index is 9.74. The summed E-state index contributed by atoms with van der Waals surface area (Å²) < 4.78 is 153. The van der Waals surface area contributed by atoms with Gasteiger partial charge in [0.25, 0.3) is 6.71 Å². The molecule has 2 aromatic heterocycles. The minimum atomic E-state index is -0.678. The zero-order chi connectivity index (χ0) is 78.1. The molecule has 4 nitrogen and oxygen atoms in total. The second-order valence-electron chi connectivity index (χ2n) is 30.6. The molecule has 2 aliphatic rings. The summed E-state index contributed by atoms with van der Waals surface area (Å²) >= 11 is 0. The van der Waals surface area contributed by atoms with E-state index in [2.05, 4.69) is 211 Å². The molecule has 2 aliphatic heterocycles. The van der Waals surface area contributed by atoms with Crippen LogP contribution >= 0.6 is 0 Å². The summed E-state index contributed by atoms with van der Waals surface area (Å²) in [4.78, 5) is 4.63. The maximum atomic E-state index is 9.74. The van der Waals surface area contributed by atoms with Gasteiger partial charge in [-0.1, -0.05) is 249 Å². The van der Waals surface area contributed by atoms with E-state index in [9.17, 15) is 16.4 Å². The fourth-order valence-electron chi connectivity index (χ4n) is 14.1. The summed E-state index contributed by atoms with van der Waals surface area (Å²) in [5.74, 6) is 0. The van der Waals surface area contributed by atoms with Crippen molar-refractivity contribution in [1.82, 2.24) is 9.13 Å². The number of benzene rings is 11.